The van der Waals surface area contributed by atoms with Crippen molar-refractivity contribution in [2.45, 2.75) is 20.3 Å². The van der Waals surface area contributed by atoms with E-state index in [1.165, 1.54) is 9.25 Å². The van der Waals surface area contributed by atoms with E-state index in [-0.39, 0.29) is 5.69 Å². The van der Waals surface area contributed by atoms with Gasteiger partial charge in [0, 0.05) is 12.6 Å². The molecule has 2 aromatic carbocycles. The highest BCUT2D eigenvalue weighted by Crippen LogP contribution is 2.29. The summed E-state index contributed by atoms with van der Waals surface area (Å²) in [7, 11) is 1.64. The molecule has 0 radical (unpaired) electrons. The van der Waals surface area contributed by atoms with Gasteiger partial charge in [-0.15, -0.1) is 5.10 Å². The first-order valence-electron chi connectivity index (χ1n) is 8.37. The third-order valence-corrected chi connectivity index (χ3v) is 4.63. The Hall–Kier alpha value is -3.29. The number of fused-ring (bicyclic) bond motifs is 1. The number of alkyl halides is 2. The number of nitrogens with zero attached hydrogens (tertiary/aromatic N) is 4. The van der Waals surface area contributed by atoms with Gasteiger partial charge in [0.15, 0.2) is 5.82 Å². The van der Waals surface area contributed by atoms with Crippen molar-refractivity contribution in [3.8, 4) is 17.1 Å². The molecule has 0 bridgehead atoms. The van der Waals surface area contributed by atoms with Crippen LogP contribution in [0.4, 0.5) is 8.78 Å². The van der Waals surface area contributed by atoms with Gasteiger partial charge in [-0.25, -0.2) is 23.2 Å². The summed E-state index contributed by atoms with van der Waals surface area (Å²) < 4.78 is 29.6. The first-order chi connectivity index (χ1) is 12.9. The number of H-pyrrole nitrogens is 1. The first-order valence-corrected chi connectivity index (χ1v) is 8.37. The fourth-order valence-corrected chi connectivity index (χ4v) is 3.27. The number of aromatic nitrogens is 5. The molecule has 0 saturated heterocycles. The van der Waals surface area contributed by atoms with Crippen LogP contribution in [-0.4, -0.2) is 24.3 Å². The molecular formula is C19H17F2N5O. The molecule has 4 aromatic rings. The number of halogens is 2. The van der Waals surface area contributed by atoms with Gasteiger partial charge in [-0.05, 0) is 43.2 Å². The van der Waals surface area contributed by atoms with E-state index in [1.807, 2.05) is 32.0 Å². The fraction of sp³-hybridized carbons (Fsp3) is 0.211. The van der Waals surface area contributed by atoms with Gasteiger partial charge in [0.05, 0.1) is 16.7 Å². The van der Waals surface area contributed by atoms with Crippen molar-refractivity contribution >= 4 is 11.0 Å². The normalized spacial score (nSPS) is 11.6. The Morgan fingerprint density at radius 1 is 1.11 bits per heavy atom. The zero-order valence-corrected chi connectivity index (χ0v) is 15.0. The van der Waals surface area contributed by atoms with Gasteiger partial charge in [0.25, 0.3) is 6.43 Å². The minimum absolute atomic E-state index is 0.244. The molecule has 0 saturated carbocycles. The van der Waals surface area contributed by atoms with Gasteiger partial charge < -0.3 is 4.98 Å². The van der Waals surface area contributed by atoms with Gasteiger partial charge in [-0.1, -0.05) is 18.2 Å². The van der Waals surface area contributed by atoms with Crippen LogP contribution in [0.5, 0.6) is 0 Å². The second-order valence-corrected chi connectivity index (χ2v) is 6.47. The van der Waals surface area contributed by atoms with Gasteiger partial charge in [-0.2, -0.15) is 0 Å². The lowest BCUT2D eigenvalue weighted by atomic mass is 10.1. The van der Waals surface area contributed by atoms with E-state index in [0.29, 0.717) is 22.4 Å². The number of hydrogen-bond acceptors (Lipinski definition) is 3. The summed E-state index contributed by atoms with van der Waals surface area (Å²) in [6, 6.07) is 10.9. The van der Waals surface area contributed by atoms with E-state index in [4.69, 9.17) is 0 Å². The lowest BCUT2D eigenvalue weighted by Crippen LogP contribution is -2.11. The van der Waals surface area contributed by atoms with Crippen molar-refractivity contribution < 1.29 is 8.78 Å². The molecule has 0 aliphatic rings. The summed E-state index contributed by atoms with van der Waals surface area (Å²) in [4.78, 5) is 18.7. The van der Waals surface area contributed by atoms with Gasteiger partial charge in [-0.3, -0.25) is 4.57 Å². The maximum atomic E-state index is 13.3. The molecule has 2 heterocycles. The quantitative estimate of drug-likeness (QED) is 0.599. The average Bonchev–Trinajstić information content (AvgIpc) is 3.17. The molecule has 138 valence electrons. The number of aryl methyl sites for hydroxylation is 3. The summed E-state index contributed by atoms with van der Waals surface area (Å²) in [6.07, 6.45) is -2.78. The predicted octanol–water partition coefficient (Wildman–Crippen LogP) is 3.67. The third-order valence-electron chi connectivity index (χ3n) is 4.63. The minimum atomic E-state index is -2.78. The molecule has 0 fully saturated rings. The molecule has 27 heavy (non-hydrogen) atoms. The molecule has 6 nitrogen and oxygen atoms in total. The van der Waals surface area contributed by atoms with Crippen molar-refractivity contribution in [2.75, 3.05) is 0 Å². The Morgan fingerprint density at radius 2 is 1.81 bits per heavy atom. The lowest BCUT2D eigenvalue weighted by Gasteiger charge is -2.12. The van der Waals surface area contributed by atoms with Crippen molar-refractivity contribution in [1.29, 1.82) is 0 Å². The maximum Gasteiger partial charge on any atom is 0.326 e. The smallest absolute Gasteiger partial charge is 0.306 e. The molecule has 4 rings (SSSR count). The van der Waals surface area contributed by atoms with E-state index in [0.717, 1.165) is 16.8 Å². The number of imidazole rings is 1. The maximum absolute atomic E-state index is 13.3. The van der Waals surface area contributed by atoms with Crippen LogP contribution < -0.4 is 5.69 Å². The number of aromatic amines is 1. The number of benzene rings is 2. The summed E-state index contributed by atoms with van der Waals surface area (Å²) >= 11 is 0. The molecule has 8 heteroatoms. The standard InChI is InChI=1S/C19H17F2N5O/c1-10-5-4-6-11(2)15(10)26-18(23-17(24-26)16(20)21)12-7-8-13-14(9-12)25(3)19(27)22-13/h4-9,16H,1-3H3,(H,22,27). The van der Waals surface area contributed by atoms with Gasteiger partial charge in [0.2, 0.25) is 5.82 Å². The van der Waals surface area contributed by atoms with E-state index >= 15 is 0 Å². The molecule has 0 unspecified atom stereocenters. The van der Waals surface area contributed by atoms with E-state index in [1.54, 1.807) is 25.2 Å². The van der Waals surface area contributed by atoms with E-state index in [9.17, 15) is 13.6 Å². The van der Waals surface area contributed by atoms with Gasteiger partial charge in [0.1, 0.15) is 0 Å². The number of nitrogens with one attached hydrogen (secondary N) is 1. The Kier molecular flexibility index (Phi) is 3.91. The number of para-hydroxylation sites is 1. The Balaban J connectivity index is 2.00. The van der Waals surface area contributed by atoms with Crippen molar-refractivity contribution in [3.05, 3.63) is 63.8 Å². The average molecular weight is 369 g/mol. The predicted molar refractivity (Wildman–Crippen MR) is 98.3 cm³/mol. The summed E-state index contributed by atoms with van der Waals surface area (Å²) in [6.45, 7) is 3.80. The molecule has 0 amide bonds. The Labute approximate surface area is 153 Å². The molecule has 2 aromatic heterocycles. The zero-order chi connectivity index (χ0) is 19.3. The topological polar surface area (TPSA) is 68.5 Å². The SMILES string of the molecule is Cc1cccc(C)c1-n1nc(C(F)F)nc1-c1ccc2[nH]c(=O)n(C)c2c1. The van der Waals surface area contributed by atoms with Crippen molar-refractivity contribution in [1.82, 2.24) is 24.3 Å². The van der Waals surface area contributed by atoms with Crippen LogP contribution in [0.3, 0.4) is 0 Å². The van der Waals surface area contributed by atoms with Crippen LogP contribution in [0.2, 0.25) is 0 Å². The fourth-order valence-electron chi connectivity index (χ4n) is 3.27. The van der Waals surface area contributed by atoms with E-state index in [2.05, 4.69) is 15.1 Å². The van der Waals surface area contributed by atoms with Crippen LogP contribution in [0.15, 0.2) is 41.2 Å². The molecule has 1 N–H and O–H groups in total. The van der Waals surface area contributed by atoms with Crippen LogP contribution in [0.25, 0.3) is 28.1 Å². The van der Waals surface area contributed by atoms with Gasteiger partial charge >= 0.3 is 5.69 Å². The highest BCUT2D eigenvalue weighted by Gasteiger charge is 2.22. The molecular weight excluding hydrogens is 352 g/mol. The molecule has 0 atom stereocenters. The van der Waals surface area contributed by atoms with Crippen molar-refractivity contribution in [3.63, 3.8) is 0 Å². The Bertz CT molecular complexity index is 1200. The number of hydrogen-bond donors (Lipinski definition) is 1. The highest BCUT2D eigenvalue weighted by atomic mass is 19.3. The van der Waals surface area contributed by atoms with Crippen molar-refractivity contribution in [2.24, 2.45) is 7.05 Å². The van der Waals surface area contributed by atoms with Crippen LogP contribution in [0.1, 0.15) is 23.4 Å². The van der Waals surface area contributed by atoms with Crippen LogP contribution in [-0.2, 0) is 7.05 Å². The number of rotatable bonds is 3. The minimum Gasteiger partial charge on any atom is -0.306 e. The molecule has 0 aliphatic carbocycles. The van der Waals surface area contributed by atoms with Crippen LogP contribution in [0, 0.1) is 13.8 Å². The zero-order valence-electron chi connectivity index (χ0n) is 15.0. The summed E-state index contributed by atoms with van der Waals surface area (Å²) in [5, 5.41) is 4.06. The second kappa shape index (κ2) is 6.15. The lowest BCUT2D eigenvalue weighted by molar-refractivity contribution is 0.140. The Morgan fingerprint density at radius 3 is 2.48 bits per heavy atom. The first kappa shape index (κ1) is 17.1. The highest BCUT2D eigenvalue weighted by molar-refractivity contribution is 5.81. The summed E-state index contributed by atoms with van der Waals surface area (Å²) in [5.41, 5.74) is 4.19. The van der Waals surface area contributed by atoms with E-state index < -0.39 is 12.2 Å². The molecule has 0 aliphatic heterocycles. The summed E-state index contributed by atoms with van der Waals surface area (Å²) in [5.74, 6) is -0.228. The third kappa shape index (κ3) is 2.73. The molecule has 0 spiro atoms. The monoisotopic (exact) mass is 369 g/mol. The van der Waals surface area contributed by atoms with Crippen LogP contribution >= 0.6 is 0 Å². The largest absolute Gasteiger partial charge is 0.326 e. The second-order valence-electron chi connectivity index (χ2n) is 6.47.